The Morgan fingerprint density at radius 2 is 1.18 bits per heavy atom. The van der Waals surface area contributed by atoms with Crippen LogP contribution in [-0.2, 0) is 28.5 Å². The highest BCUT2D eigenvalue weighted by Crippen LogP contribution is 1.97. The predicted molar refractivity (Wildman–Crippen MR) is 56.1 cm³/mol. The molecule has 0 bridgehead atoms. The molecule has 0 unspecified atom stereocenters. The van der Waals surface area contributed by atoms with Crippen molar-refractivity contribution in [2.45, 2.75) is 0 Å². The third-order valence-corrected chi connectivity index (χ3v) is 1.28. The molecular formula is C11H10O6. The lowest BCUT2D eigenvalue weighted by atomic mass is 10.6. The van der Waals surface area contributed by atoms with Crippen molar-refractivity contribution in [1.82, 2.24) is 0 Å². The minimum Gasteiger partial charge on any atom is -0.466 e. The van der Waals surface area contributed by atoms with Crippen molar-refractivity contribution in [3.05, 3.63) is 62.1 Å². The van der Waals surface area contributed by atoms with Gasteiger partial charge in [0.05, 0.1) is 0 Å². The van der Waals surface area contributed by atoms with Gasteiger partial charge in [-0.05, 0) is 0 Å². The van der Waals surface area contributed by atoms with E-state index in [1.54, 1.807) is 0 Å². The van der Waals surface area contributed by atoms with Crippen LogP contribution in [0.15, 0.2) is 62.1 Å². The molecule has 0 saturated carbocycles. The molecule has 0 aromatic heterocycles. The van der Waals surface area contributed by atoms with Crippen LogP contribution in [0.2, 0.25) is 0 Å². The molecule has 0 radical (unpaired) electrons. The van der Waals surface area contributed by atoms with E-state index in [-0.39, 0.29) is 5.76 Å². The first-order valence-electron chi connectivity index (χ1n) is 4.47. The highest BCUT2D eigenvalue weighted by Gasteiger charge is 1.92. The first kappa shape index (κ1) is 12.4. The summed E-state index contributed by atoms with van der Waals surface area (Å²) in [5, 5.41) is 0. The highest BCUT2D eigenvalue weighted by molar-refractivity contribution is 5.69. The molecule has 0 spiro atoms. The smallest absolute Gasteiger partial charge is 0.201 e. The van der Waals surface area contributed by atoms with Gasteiger partial charge >= 0.3 is 0 Å². The zero-order valence-electron chi connectivity index (χ0n) is 8.72. The van der Waals surface area contributed by atoms with Gasteiger partial charge < -0.3 is 23.7 Å². The molecule has 1 aliphatic rings. The molecular weight excluding hydrogens is 228 g/mol. The minimum absolute atomic E-state index is 0.0276. The molecule has 0 fully saturated rings. The van der Waals surface area contributed by atoms with E-state index in [1.165, 1.54) is 50.1 Å². The van der Waals surface area contributed by atoms with Crippen LogP contribution in [0.4, 0.5) is 0 Å². The van der Waals surface area contributed by atoms with Crippen LogP contribution in [0.3, 0.4) is 0 Å². The van der Waals surface area contributed by atoms with Crippen molar-refractivity contribution >= 4 is 6.29 Å². The monoisotopic (exact) mass is 238 g/mol. The van der Waals surface area contributed by atoms with Gasteiger partial charge in [0.2, 0.25) is 5.76 Å². The van der Waals surface area contributed by atoms with E-state index in [4.69, 9.17) is 23.7 Å². The summed E-state index contributed by atoms with van der Waals surface area (Å²) in [7, 11) is 0. The Kier molecular flexibility index (Phi) is 6.34. The molecule has 0 saturated heterocycles. The standard InChI is InChI=1S/C11H10O6/c12-9-11-10-16-6-5-14-2-1-13-3-4-15-7-8-17-11/h1-10H/b2-1-,4-3-,6-5-,8-7-,11-10-. The lowest BCUT2D eigenvalue weighted by molar-refractivity contribution is -0.107. The number of carbonyl (C=O) groups is 1. The molecule has 0 amide bonds. The Morgan fingerprint density at radius 3 is 1.71 bits per heavy atom. The number of ether oxygens (including phenoxy) is 5. The summed E-state index contributed by atoms with van der Waals surface area (Å²) < 4.78 is 24.1. The van der Waals surface area contributed by atoms with E-state index in [9.17, 15) is 4.79 Å². The SMILES string of the molecule is O=C/C1=C/O/C=C\O/C=C\O/C=C\O/C=C\O1. The van der Waals surface area contributed by atoms with Crippen molar-refractivity contribution in [2.24, 2.45) is 0 Å². The van der Waals surface area contributed by atoms with Gasteiger partial charge in [0.15, 0.2) is 6.29 Å². The maximum absolute atomic E-state index is 10.5. The molecule has 0 aliphatic carbocycles. The summed E-state index contributed by atoms with van der Waals surface area (Å²) in [5.74, 6) is -0.0276. The number of hydrogen-bond donors (Lipinski definition) is 0. The third kappa shape index (κ3) is 6.45. The topological polar surface area (TPSA) is 63.2 Å². The van der Waals surface area contributed by atoms with E-state index in [0.717, 1.165) is 6.26 Å². The number of carbonyl (C=O) groups excluding carboxylic acids is 1. The van der Waals surface area contributed by atoms with Crippen LogP contribution in [0.5, 0.6) is 0 Å². The van der Waals surface area contributed by atoms with E-state index >= 15 is 0 Å². The van der Waals surface area contributed by atoms with Gasteiger partial charge in [-0.1, -0.05) is 0 Å². The molecule has 0 N–H and O–H groups in total. The fourth-order valence-corrected chi connectivity index (χ4v) is 0.657. The molecule has 6 heteroatoms. The largest absolute Gasteiger partial charge is 0.466 e. The quantitative estimate of drug-likeness (QED) is 0.651. The van der Waals surface area contributed by atoms with Crippen LogP contribution in [0.1, 0.15) is 0 Å². The molecule has 1 rings (SSSR count). The molecule has 0 aromatic rings. The third-order valence-electron chi connectivity index (χ3n) is 1.28. The van der Waals surface area contributed by atoms with Gasteiger partial charge in [0.25, 0.3) is 0 Å². The molecule has 0 aromatic carbocycles. The van der Waals surface area contributed by atoms with E-state index in [1.807, 2.05) is 0 Å². The summed E-state index contributed by atoms with van der Waals surface area (Å²) in [4.78, 5) is 10.5. The fourth-order valence-electron chi connectivity index (χ4n) is 0.657. The molecule has 1 aliphatic heterocycles. The second kappa shape index (κ2) is 8.66. The maximum atomic E-state index is 10.5. The lowest BCUT2D eigenvalue weighted by Crippen LogP contribution is -1.87. The van der Waals surface area contributed by atoms with Crippen molar-refractivity contribution in [1.29, 1.82) is 0 Å². The summed E-state index contributed by atoms with van der Waals surface area (Å²) >= 11 is 0. The first-order chi connectivity index (χ1) is 8.43. The molecule has 0 atom stereocenters. The van der Waals surface area contributed by atoms with Crippen molar-refractivity contribution in [3.8, 4) is 0 Å². The second-order valence-corrected chi connectivity index (χ2v) is 2.39. The number of aldehydes is 1. The zero-order valence-corrected chi connectivity index (χ0v) is 8.72. The van der Waals surface area contributed by atoms with Gasteiger partial charge in [-0.2, -0.15) is 0 Å². The molecule has 1 heterocycles. The summed E-state index contributed by atoms with van der Waals surface area (Å²) in [6, 6.07) is 0. The van der Waals surface area contributed by atoms with Crippen molar-refractivity contribution < 1.29 is 28.5 Å². The van der Waals surface area contributed by atoms with Crippen LogP contribution in [-0.4, -0.2) is 6.29 Å². The van der Waals surface area contributed by atoms with Crippen molar-refractivity contribution in [3.63, 3.8) is 0 Å². The van der Waals surface area contributed by atoms with Gasteiger partial charge in [-0.15, -0.1) is 0 Å². The Hall–Kier alpha value is -2.63. The average Bonchev–Trinajstić information content (AvgIpc) is 2.36. The number of rotatable bonds is 1. The zero-order chi connectivity index (χ0) is 12.2. The van der Waals surface area contributed by atoms with Gasteiger partial charge in [-0.3, -0.25) is 4.79 Å². The normalized spacial score (nSPS) is 26.5. The maximum Gasteiger partial charge on any atom is 0.201 e. The Balaban J connectivity index is 2.60. The van der Waals surface area contributed by atoms with Crippen LogP contribution in [0.25, 0.3) is 0 Å². The van der Waals surface area contributed by atoms with Crippen LogP contribution >= 0.6 is 0 Å². The number of hydrogen-bond acceptors (Lipinski definition) is 6. The summed E-state index contributed by atoms with van der Waals surface area (Å²) in [6.07, 6.45) is 11.5. The fraction of sp³-hybridized carbons (Fsp3) is 0. The van der Waals surface area contributed by atoms with E-state index < -0.39 is 0 Å². The van der Waals surface area contributed by atoms with E-state index in [0.29, 0.717) is 6.29 Å². The second-order valence-electron chi connectivity index (χ2n) is 2.39. The minimum atomic E-state index is -0.0276. The molecule has 90 valence electrons. The highest BCUT2D eigenvalue weighted by atomic mass is 16.5. The molecule has 6 nitrogen and oxygen atoms in total. The summed E-state index contributed by atoms with van der Waals surface area (Å²) in [5.41, 5.74) is 0. The van der Waals surface area contributed by atoms with Crippen LogP contribution in [0, 0.1) is 0 Å². The molecule has 17 heavy (non-hydrogen) atoms. The Morgan fingerprint density at radius 1 is 0.706 bits per heavy atom. The van der Waals surface area contributed by atoms with Gasteiger partial charge in [0, 0.05) is 0 Å². The van der Waals surface area contributed by atoms with Gasteiger partial charge in [-0.25, -0.2) is 0 Å². The van der Waals surface area contributed by atoms with Crippen LogP contribution < -0.4 is 0 Å². The van der Waals surface area contributed by atoms with E-state index in [2.05, 4.69) is 0 Å². The predicted octanol–water partition coefficient (Wildman–Crippen LogP) is 2.01. The van der Waals surface area contributed by atoms with Crippen molar-refractivity contribution in [2.75, 3.05) is 0 Å². The Bertz CT molecular complexity index is 364. The van der Waals surface area contributed by atoms with Gasteiger partial charge in [0.1, 0.15) is 56.4 Å². The summed E-state index contributed by atoms with van der Waals surface area (Å²) in [6.45, 7) is 0. The Labute approximate surface area is 97.7 Å². The number of allylic oxidation sites excluding steroid dienone is 1. The lowest BCUT2D eigenvalue weighted by Gasteiger charge is -1.97. The first-order valence-corrected chi connectivity index (χ1v) is 4.47. The average molecular weight is 238 g/mol.